The van der Waals surface area contributed by atoms with E-state index in [1.165, 1.54) is 0 Å². The molecule has 4 nitrogen and oxygen atoms in total. The molecule has 3 atom stereocenters. The molecule has 15 heavy (non-hydrogen) atoms. The fraction of sp³-hybridized carbons (Fsp3) is 0.818. The molecule has 0 N–H and O–H groups in total. The van der Waals surface area contributed by atoms with Gasteiger partial charge in [-0.3, -0.25) is 4.90 Å². The van der Waals surface area contributed by atoms with Gasteiger partial charge in [-0.15, -0.1) is 0 Å². The third-order valence-corrected chi connectivity index (χ3v) is 2.97. The predicted molar refractivity (Wildman–Crippen MR) is 54.4 cm³/mol. The van der Waals surface area contributed by atoms with Crippen LogP contribution in [0.4, 0.5) is 4.79 Å². The average Bonchev–Trinajstić information content (AvgIpc) is 2.75. The Bertz CT molecular complexity index is 295. The lowest BCUT2D eigenvalue weighted by atomic mass is 10.2. The van der Waals surface area contributed by atoms with Crippen molar-refractivity contribution in [1.82, 2.24) is 4.90 Å². The van der Waals surface area contributed by atoms with Crippen LogP contribution in [0.25, 0.3) is 0 Å². The average molecular weight is 211 g/mol. The Kier molecular flexibility index (Phi) is 2.24. The zero-order chi connectivity index (χ0) is 11.2. The first kappa shape index (κ1) is 10.5. The van der Waals surface area contributed by atoms with Crippen molar-refractivity contribution in [1.29, 1.82) is 0 Å². The van der Waals surface area contributed by atoms with Gasteiger partial charge >= 0.3 is 6.09 Å². The number of likely N-dealkylation sites (tertiary alicyclic amines) is 1. The molecule has 0 aromatic rings. The Hall–Kier alpha value is -1.06. The van der Waals surface area contributed by atoms with Crippen molar-refractivity contribution >= 4 is 12.4 Å². The van der Waals surface area contributed by atoms with E-state index < -0.39 is 5.60 Å². The summed E-state index contributed by atoms with van der Waals surface area (Å²) >= 11 is 0. The Morgan fingerprint density at radius 2 is 2.13 bits per heavy atom. The molecule has 1 saturated carbocycles. The molecular formula is C11H17NO3. The molecule has 1 heterocycles. The summed E-state index contributed by atoms with van der Waals surface area (Å²) in [6.45, 7) is 6.18. The van der Waals surface area contributed by atoms with E-state index in [2.05, 4.69) is 0 Å². The Morgan fingerprint density at radius 3 is 2.67 bits per heavy atom. The number of fused-ring (bicyclic) bond motifs is 1. The third-order valence-electron chi connectivity index (χ3n) is 2.97. The number of aldehydes is 1. The molecular weight excluding hydrogens is 194 g/mol. The fourth-order valence-corrected chi connectivity index (χ4v) is 2.20. The van der Waals surface area contributed by atoms with Crippen LogP contribution in [0.3, 0.4) is 0 Å². The van der Waals surface area contributed by atoms with Crippen LogP contribution in [0.5, 0.6) is 0 Å². The van der Waals surface area contributed by atoms with Crippen LogP contribution in [0.2, 0.25) is 0 Å². The zero-order valence-corrected chi connectivity index (χ0v) is 9.40. The van der Waals surface area contributed by atoms with E-state index in [1.54, 1.807) is 4.90 Å². The Labute approximate surface area is 89.6 Å². The van der Waals surface area contributed by atoms with Crippen molar-refractivity contribution in [2.45, 2.75) is 38.8 Å². The highest BCUT2D eigenvalue weighted by Crippen LogP contribution is 2.49. The summed E-state index contributed by atoms with van der Waals surface area (Å²) in [6.07, 6.45) is 1.61. The lowest BCUT2D eigenvalue weighted by molar-refractivity contribution is -0.112. The molecule has 0 radical (unpaired) electrons. The second-order valence-corrected chi connectivity index (χ2v) is 5.42. The molecule has 0 spiro atoms. The number of rotatable bonds is 1. The molecule has 1 aliphatic carbocycles. The topological polar surface area (TPSA) is 46.6 Å². The summed E-state index contributed by atoms with van der Waals surface area (Å²) in [7, 11) is 0. The lowest BCUT2D eigenvalue weighted by Gasteiger charge is -2.27. The van der Waals surface area contributed by atoms with Crippen LogP contribution >= 0.6 is 0 Å². The summed E-state index contributed by atoms with van der Waals surface area (Å²) in [5.74, 6) is 0.933. The minimum atomic E-state index is -0.489. The van der Waals surface area contributed by atoms with Gasteiger partial charge in [0, 0.05) is 6.54 Å². The van der Waals surface area contributed by atoms with Crippen molar-refractivity contribution in [3.05, 3.63) is 0 Å². The minimum absolute atomic E-state index is 0.246. The smallest absolute Gasteiger partial charge is 0.410 e. The summed E-state index contributed by atoms with van der Waals surface area (Å²) in [6, 6.07) is -0.246. The van der Waals surface area contributed by atoms with E-state index in [1.807, 2.05) is 20.8 Å². The summed E-state index contributed by atoms with van der Waals surface area (Å²) in [5.41, 5.74) is -0.489. The zero-order valence-electron chi connectivity index (χ0n) is 9.40. The first-order chi connectivity index (χ1) is 6.92. The Balaban J connectivity index is 1.99. The monoisotopic (exact) mass is 211 g/mol. The van der Waals surface area contributed by atoms with Gasteiger partial charge in [0.15, 0.2) is 0 Å². The summed E-state index contributed by atoms with van der Waals surface area (Å²) in [4.78, 5) is 24.2. The van der Waals surface area contributed by atoms with E-state index >= 15 is 0 Å². The highest BCUT2D eigenvalue weighted by molar-refractivity contribution is 5.75. The number of amides is 1. The number of hydrogen-bond donors (Lipinski definition) is 0. The second kappa shape index (κ2) is 3.22. The number of hydrogen-bond acceptors (Lipinski definition) is 3. The van der Waals surface area contributed by atoms with Crippen molar-refractivity contribution in [3.8, 4) is 0 Å². The maximum absolute atomic E-state index is 11.7. The highest BCUT2D eigenvalue weighted by Gasteiger charge is 2.54. The molecule has 1 aliphatic heterocycles. The van der Waals surface area contributed by atoms with E-state index in [9.17, 15) is 9.59 Å². The van der Waals surface area contributed by atoms with Gasteiger partial charge in [-0.05, 0) is 39.0 Å². The van der Waals surface area contributed by atoms with E-state index in [-0.39, 0.29) is 12.1 Å². The van der Waals surface area contributed by atoms with Gasteiger partial charge in [-0.25, -0.2) is 4.79 Å². The first-order valence-corrected chi connectivity index (χ1v) is 5.37. The van der Waals surface area contributed by atoms with E-state index in [0.717, 1.165) is 12.7 Å². The molecule has 84 valence electrons. The van der Waals surface area contributed by atoms with Crippen LogP contribution in [0.1, 0.15) is 27.2 Å². The maximum Gasteiger partial charge on any atom is 0.410 e. The number of ether oxygens (including phenoxy) is 1. The van der Waals surface area contributed by atoms with Crippen LogP contribution in [0, 0.1) is 11.8 Å². The van der Waals surface area contributed by atoms with Gasteiger partial charge in [-0.1, -0.05) is 0 Å². The number of carbonyl (C=O) groups is 2. The molecule has 0 aromatic carbocycles. The molecule has 2 fully saturated rings. The van der Waals surface area contributed by atoms with Gasteiger partial charge in [0.05, 0.1) is 6.04 Å². The van der Waals surface area contributed by atoms with Crippen molar-refractivity contribution in [3.63, 3.8) is 0 Å². The van der Waals surface area contributed by atoms with Crippen molar-refractivity contribution < 1.29 is 14.3 Å². The molecule has 0 unspecified atom stereocenters. The first-order valence-electron chi connectivity index (χ1n) is 5.37. The standard InChI is InChI=1S/C11H17NO3/c1-11(2,3)15-10(14)12-5-7-4-8(7)9(12)6-13/h6-9H,4-5H2,1-3H3/t7-,8+,9-/m0/s1. The van der Waals surface area contributed by atoms with Crippen LogP contribution < -0.4 is 0 Å². The second-order valence-electron chi connectivity index (χ2n) is 5.42. The van der Waals surface area contributed by atoms with E-state index in [4.69, 9.17) is 4.74 Å². The van der Waals surface area contributed by atoms with Gasteiger partial charge in [0.25, 0.3) is 0 Å². The van der Waals surface area contributed by atoms with E-state index in [0.29, 0.717) is 18.4 Å². The summed E-state index contributed by atoms with van der Waals surface area (Å²) in [5, 5.41) is 0. The molecule has 2 rings (SSSR count). The minimum Gasteiger partial charge on any atom is -0.444 e. The van der Waals surface area contributed by atoms with Gasteiger partial charge < -0.3 is 9.53 Å². The van der Waals surface area contributed by atoms with Gasteiger partial charge in [-0.2, -0.15) is 0 Å². The van der Waals surface area contributed by atoms with Gasteiger partial charge in [0.2, 0.25) is 0 Å². The Morgan fingerprint density at radius 1 is 1.47 bits per heavy atom. The van der Waals surface area contributed by atoms with Crippen molar-refractivity contribution in [2.75, 3.05) is 6.54 Å². The number of nitrogens with zero attached hydrogens (tertiary/aromatic N) is 1. The molecule has 1 saturated heterocycles. The quantitative estimate of drug-likeness (QED) is 0.616. The molecule has 4 heteroatoms. The molecule has 0 aromatic heterocycles. The lowest BCUT2D eigenvalue weighted by Crippen LogP contribution is -2.42. The van der Waals surface area contributed by atoms with Gasteiger partial charge in [0.1, 0.15) is 11.9 Å². The van der Waals surface area contributed by atoms with Crippen LogP contribution in [-0.2, 0) is 9.53 Å². The normalized spacial score (nSPS) is 33.5. The number of carbonyl (C=O) groups excluding carboxylic acids is 2. The third kappa shape index (κ3) is 1.98. The van der Waals surface area contributed by atoms with Crippen LogP contribution in [-0.4, -0.2) is 35.5 Å². The van der Waals surface area contributed by atoms with Crippen molar-refractivity contribution in [2.24, 2.45) is 11.8 Å². The highest BCUT2D eigenvalue weighted by atomic mass is 16.6. The molecule has 0 bridgehead atoms. The number of piperidine rings is 1. The summed E-state index contributed by atoms with van der Waals surface area (Å²) < 4.78 is 5.25. The molecule has 1 amide bonds. The SMILES string of the molecule is CC(C)(C)OC(=O)N1C[C@@H]2C[C@H]2[C@@H]1C=O. The predicted octanol–water partition coefficient (Wildman–Crippen LogP) is 1.44. The largest absolute Gasteiger partial charge is 0.444 e. The molecule has 2 aliphatic rings. The van der Waals surface area contributed by atoms with Crippen LogP contribution in [0.15, 0.2) is 0 Å². The fourth-order valence-electron chi connectivity index (χ4n) is 2.20. The maximum atomic E-state index is 11.7.